The Morgan fingerprint density at radius 3 is 2.75 bits per heavy atom. The zero-order valence-corrected chi connectivity index (χ0v) is 10.6. The van der Waals surface area contributed by atoms with Crippen molar-refractivity contribution in [1.29, 1.82) is 0 Å². The molecule has 1 rings (SSSR count). The van der Waals surface area contributed by atoms with Crippen molar-refractivity contribution in [2.24, 2.45) is 5.92 Å². The van der Waals surface area contributed by atoms with Crippen LogP contribution in [0.3, 0.4) is 0 Å². The Kier molecular flexibility index (Phi) is 5.78. The SMILES string of the molecule is CC(C)CNCCCc1ccc(F)cc1Cl. The van der Waals surface area contributed by atoms with Crippen molar-refractivity contribution in [3.8, 4) is 0 Å². The topological polar surface area (TPSA) is 12.0 Å². The van der Waals surface area contributed by atoms with Crippen molar-refractivity contribution in [3.05, 3.63) is 34.6 Å². The van der Waals surface area contributed by atoms with Gasteiger partial charge in [-0.15, -0.1) is 0 Å². The van der Waals surface area contributed by atoms with Crippen LogP contribution in [-0.2, 0) is 6.42 Å². The Labute approximate surface area is 102 Å². The highest BCUT2D eigenvalue weighted by molar-refractivity contribution is 6.31. The second-order valence-electron chi connectivity index (χ2n) is 4.44. The van der Waals surface area contributed by atoms with E-state index in [1.165, 1.54) is 12.1 Å². The van der Waals surface area contributed by atoms with Gasteiger partial charge in [0.2, 0.25) is 0 Å². The average Bonchev–Trinajstić information content (AvgIpc) is 2.20. The molecule has 1 nitrogen and oxygen atoms in total. The second-order valence-corrected chi connectivity index (χ2v) is 4.84. The maximum atomic E-state index is 12.8. The highest BCUT2D eigenvalue weighted by atomic mass is 35.5. The molecular formula is C13H19ClFN. The first-order chi connectivity index (χ1) is 7.59. The molecule has 0 radical (unpaired) electrons. The smallest absolute Gasteiger partial charge is 0.124 e. The fraction of sp³-hybridized carbons (Fsp3) is 0.538. The van der Waals surface area contributed by atoms with E-state index in [-0.39, 0.29) is 5.82 Å². The van der Waals surface area contributed by atoms with Crippen LogP contribution < -0.4 is 5.32 Å². The lowest BCUT2D eigenvalue weighted by atomic mass is 10.1. The van der Waals surface area contributed by atoms with E-state index in [9.17, 15) is 4.39 Å². The molecule has 0 saturated carbocycles. The van der Waals surface area contributed by atoms with Crippen LogP contribution in [0, 0.1) is 11.7 Å². The summed E-state index contributed by atoms with van der Waals surface area (Å²) < 4.78 is 12.8. The lowest BCUT2D eigenvalue weighted by molar-refractivity contribution is 0.543. The van der Waals surface area contributed by atoms with Crippen LogP contribution in [-0.4, -0.2) is 13.1 Å². The van der Waals surface area contributed by atoms with Crippen molar-refractivity contribution in [2.75, 3.05) is 13.1 Å². The van der Waals surface area contributed by atoms with Gasteiger partial charge < -0.3 is 5.32 Å². The van der Waals surface area contributed by atoms with E-state index in [0.717, 1.165) is 31.5 Å². The summed E-state index contributed by atoms with van der Waals surface area (Å²) in [5.74, 6) is 0.404. The first kappa shape index (κ1) is 13.5. The van der Waals surface area contributed by atoms with E-state index in [1.54, 1.807) is 6.07 Å². The van der Waals surface area contributed by atoms with Gasteiger partial charge in [0.1, 0.15) is 5.82 Å². The molecule has 0 aliphatic rings. The van der Waals surface area contributed by atoms with Gasteiger partial charge in [0, 0.05) is 5.02 Å². The minimum absolute atomic E-state index is 0.272. The standard InChI is InChI=1S/C13H19ClFN/c1-10(2)9-16-7-3-4-11-5-6-12(15)8-13(11)14/h5-6,8,10,16H,3-4,7,9H2,1-2H3. The fourth-order valence-corrected chi connectivity index (χ4v) is 1.78. The zero-order valence-electron chi connectivity index (χ0n) is 9.89. The van der Waals surface area contributed by atoms with Crippen LogP contribution >= 0.6 is 11.6 Å². The summed E-state index contributed by atoms with van der Waals surface area (Å²) in [6.07, 6.45) is 1.92. The van der Waals surface area contributed by atoms with E-state index in [2.05, 4.69) is 19.2 Å². The van der Waals surface area contributed by atoms with Gasteiger partial charge in [0.05, 0.1) is 0 Å². The lowest BCUT2D eigenvalue weighted by Gasteiger charge is -2.08. The van der Waals surface area contributed by atoms with Crippen molar-refractivity contribution in [2.45, 2.75) is 26.7 Å². The minimum atomic E-state index is -0.272. The van der Waals surface area contributed by atoms with Crippen molar-refractivity contribution < 1.29 is 4.39 Å². The van der Waals surface area contributed by atoms with Gasteiger partial charge in [-0.05, 0) is 49.5 Å². The summed E-state index contributed by atoms with van der Waals surface area (Å²) in [5, 5.41) is 3.90. The van der Waals surface area contributed by atoms with Gasteiger partial charge in [0.15, 0.2) is 0 Å². The number of hydrogen-bond donors (Lipinski definition) is 1. The molecule has 0 atom stereocenters. The molecule has 3 heteroatoms. The molecule has 0 amide bonds. The van der Waals surface area contributed by atoms with Crippen LogP contribution in [0.4, 0.5) is 4.39 Å². The van der Waals surface area contributed by atoms with Crippen molar-refractivity contribution >= 4 is 11.6 Å². The van der Waals surface area contributed by atoms with Crippen LogP contribution in [0.2, 0.25) is 5.02 Å². The molecule has 0 saturated heterocycles. The van der Waals surface area contributed by atoms with E-state index in [4.69, 9.17) is 11.6 Å². The molecule has 1 N–H and O–H groups in total. The highest BCUT2D eigenvalue weighted by Crippen LogP contribution is 2.18. The van der Waals surface area contributed by atoms with Crippen molar-refractivity contribution in [3.63, 3.8) is 0 Å². The van der Waals surface area contributed by atoms with Gasteiger partial charge in [-0.2, -0.15) is 0 Å². The van der Waals surface area contributed by atoms with Gasteiger partial charge in [-0.3, -0.25) is 0 Å². The Bertz CT molecular complexity index is 326. The monoisotopic (exact) mass is 243 g/mol. The third kappa shape index (κ3) is 4.95. The molecule has 0 fully saturated rings. The zero-order chi connectivity index (χ0) is 12.0. The lowest BCUT2D eigenvalue weighted by Crippen LogP contribution is -2.21. The normalized spacial score (nSPS) is 11.1. The second kappa shape index (κ2) is 6.87. The van der Waals surface area contributed by atoms with Crippen LogP contribution in [0.25, 0.3) is 0 Å². The van der Waals surface area contributed by atoms with Crippen LogP contribution in [0.1, 0.15) is 25.8 Å². The molecule has 90 valence electrons. The summed E-state index contributed by atoms with van der Waals surface area (Å²) in [7, 11) is 0. The molecule has 0 heterocycles. The van der Waals surface area contributed by atoms with E-state index < -0.39 is 0 Å². The molecule has 0 unspecified atom stereocenters. The molecule has 16 heavy (non-hydrogen) atoms. The fourth-order valence-electron chi connectivity index (χ4n) is 1.52. The minimum Gasteiger partial charge on any atom is -0.316 e. The summed E-state index contributed by atoms with van der Waals surface area (Å²) in [6, 6.07) is 4.60. The number of nitrogens with one attached hydrogen (secondary N) is 1. The molecule has 1 aromatic carbocycles. The Hall–Kier alpha value is -0.600. The first-order valence-electron chi connectivity index (χ1n) is 5.74. The molecule has 0 bridgehead atoms. The summed E-state index contributed by atoms with van der Waals surface area (Å²) in [4.78, 5) is 0. The maximum Gasteiger partial charge on any atom is 0.124 e. The quantitative estimate of drug-likeness (QED) is 0.752. The third-order valence-corrected chi connectivity index (χ3v) is 2.72. The Morgan fingerprint density at radius 1 is 1.38 bits per heavy atom. The van der Waals surface area contributed by atoms with Crippen LogP contribution in [0.5, 0.6) is 0 Å². The molecule has 0 aromatic heterocycles. The number of halogens is 2. The molecule has 0 spiro atoms. The summed E-state index contributed by atoms with van der Waals surface area (Å²) in [5.41, 5.74) is 1.02. The Balaban J connectivity index is 2.27. The van der Waals surface area contributed by atoms with Gasteiger partial charge in [0.25, 0.3) is 0 Å². The molecule has 0 aliphatic carbocycles. The molecule has 1 aromatic rings. The van der Waals surface area contributed by atoms with Crippen molar-refractivity contribution in [1.82, 2.24) is 5.32 Å². The maximum absolute atomic E-state index is 12.8. The molecule has 0 aliphatic heterocycles. The predicted molar refractivity (Wildman–Crippen MR) is 67.4 cm³/mol. The Morgan fingerprint density at radius 2 is 2.12 bits per heavy atom. The number of aryl methyl sites for hydroxylation is 1. The largest absolute Gasteiger partial charge is 0.316 e. The summed E-state index contributed by atoms with van der Waals surface area (Å²) >= 11 is 5.93. The predicted octanol–water partition coefficient (Wildman–Crippen LogP) is 3.66. The van der Waals surface area contributed by atoms with Gasteiger partial charge in [-0.25, -0.2) is 4.39 Å². The summed E-state index contributed by atoms with van der Waals surface area (Å²) in [6.45, 7) is 6.39. The van der Waals surface area contributed by atoms with E-state index >= 15 is 0 Å². The van der Waals surface area contributed by atoms with E-state index in [1.807, 2.05) is 0 Å². The van der Waals surface area contributed by atoms with E-state index in [0.29, 0.717) is 10.9 Å². The van der Waals surface area contributed by atoms with Gasteiger partial charge in [-0.1, -0.05) is 31.5 Å². The van der Waals surface area contributed by atoms with Crippen LogP contribution in [0.15, 0.2) is 18.2 Å². The highest BCUT2D eigenvalue weighted by Gasteiger charge is 2.01. The first-order valence-corrected chi connectivity index (χ1v) is 6.12. The number of hydrogen-bond acceptors (Lipinski definition) is 1. The third-order valence-electron chi connectivity index (χ3n) is 2.37. The number of rotatable bonds is 6. The molecular weight excluding hydrogens is 225 g/mol. The van der Waals surface area contributed by atoms with Gasteiger partial charge >= 0.3 is 0 Å². The number of benzene rings is 1. The average molecular weight is 244 g/mol.